The van der Waals surface area contributed by atoms with Crippen LogP contribution in [0.2, 0.25) is 0 Å². The van der Waals surface area contributed by atoms with Gasteiger partial charge in [-0.25, -0.2) is 0 Å². The van der Waals surface area contributed by atoms with E-state index in [1.807, 2.05) is 31.4 Å². The van der Waals surface area contributed by atoms with Crippen LogP contribution in [-0.2, 0) is 16.0 Å². The average molecular weight is 460 g/mol. The molecule has 0 aliphatic heterocycles. The molecule has 1 aliphatic carbocycles. The predicted octanol–water partition coefficient (Wildman–Crippen LogP) is 3.60. The molecule has 172 valence electrons. The molecule has 8 heteroatoms. The normalized spacial score (nSPS) is 14.6. The molecule has 7 nitrogen and oxygen atoms in total. The first-order chi connectivity index (χ1) is 15.5. The molecule has 3 rings (SSSR count). The molecule has 0 heterocycles. The molecule has 0 fully saturated rings. The predicted molar refractivity (Wildman–Crippen MR) is 125 cm³/mol. The van der Waals surface area contributed by atoms with E-state index in [1.54, 1.807) is 27.4 Å². The van der Waals surface area contributed by atoms with E-state index in [2.05, 4.69) is 5.32 Å². The van der Waals surface area contributed by atoms with Crippen LogP contribution in [0.4, 0.5) is 0 Å². The van der Waals surface area contributed by atoms with Crippen LogP contribution in [0.15, 0.2) is 34.0 Å². The van der Waals surface area contributed by atoms with Crippen molar-refractivity contribution < 1.29 is 23.7 Å². The zero-order valence-electron chi connectivity index (χ0n) is 19.1. The van der Waals surface area contributed by atoms with Crippen LogP contribution < -0.4 is 25.0 Å². The van der Waals surface area contributed by atoms with Crippen LogP contribution in [0.25, 0.3) is 11.1 Å². The number of thioether (sulfide) groups is 1. The fraction of sp³-hybridized carbons (Fsp3) is 0.417. The van der Waals surface area contributed by atoms with Gasteiger partial charge in [-0.15, -0.1) is 11.8 Å². The van der Waals surface area contributed by atoms with Crippen LogP contribution in [0.5, 0.6) is 17.2 Å². The Kier molecular flexibility index (Phi) is 8.04. The Morgan fingerprint density at radius 1 is 1.12 bits per heavy atom. The van der Waals surface area contributed by atoms with Gasteiger partial charge in [-0.3, -0.25) is 9.59 Å². The zero-order chi connectivity index (χ0) is 23.3. The molecule has 0 unspecified atom stereocenters. The SMILES string of the molecule is CCOCC(=O)N[C@@H]1CCc2cc(OC)c(OC)c(OC)c2-c2ccc(SC)c(=O)cc21. The summed E-state index contributed by atoms with van der Waals surface area (Å²) in [7, 11) is 4.73. The van der Waals surface area contributed by atoms with Crippen molar-refractivity contribution in [3.05, 3.63) is 45.6 Å². The highest BCUT2D eigenvalue weighted by Crippen LogP contribution is 2.50. The highest BCUT2D eigenvalue weighted by Gasteiger charge is 2.29. The Morgan fingerprint density at radius 2 is 1.88 bits per heavy atom. The Hall–Kier alpha value is -2.71. The van der Waals surface area contributed by atoms with Gasteiger partial charge < -0.3 is 24.3 Å². The summed E-state index contributed by atoms with van der Waals surface area (Å²) >= 11 is 1.39. The molecule has 2 aromatic rings. The van der Waals surface area contributed by atoms with Gasteiger partial charge in [0.1, 0.15) is 6.61 Å². The number of fused-ring (bicyclic) bond motifs is 3. The van der Waals surface area contributed by atoms with E-state index in [0.29, 0.717) is 41.6 Å². The van der Waals surface area contributed by atoms with Crippen molar-refractivity contribution in [1.29, 1.82) is 0 Å². The molecule has 1 N–H and O–H groups in total. The van der Waals surface area contributed by atoms with E-state index in [1.165, 1.54) is 11.8 Å². The number of ether oxygens (including phenoxy) is 4. The van der Waals surface area contributed by atoms with Crippen molar-refractivity contribution in [1.82, 2.24) is 5.32 Å². The minimum absolute atomic E-state index is 0.0283. The fourth-order valence-corrected chi connectivity index (χ4v) is 4.51. The largest absolute Gasteiger partial charge is 0.493 e. The van der Waals surface area contributed by atoms with Gasteiger partial charge in [0.05, 0.1) is 32.3 Å². The topological polar surface area (TPSA) is 83.1 Å². The van der Waals surface area contributed by atoms with Crippen LogP contribution in [-0.4, -0.2) is 46.7 Å². The van der Waals surface area contributed by atoms with Crippen molar-refractivity contribution in [2.24, 2.45) is 0 Å². The summed E-state index contributed by atoms with van der Waals surface area (Å²) in [5, 5.41) is 3.05. The van der Waals surface area contributed by atoms with Gasteiger partial charge in [-0.1, -0.05) is 6.07 Å². The van der Waals surface area contributed by atoms with Crippen molar-refractivity contribution >= 4 is 17.7 Å². The van der Waals surface area contributed by atoms with Crippen molar-refractivity contribution in [3.8, 4) is 28.4 Å². The molecule has 0 saturated carbocycles. The van der Waals surface area contributed by atoms with E-state index in [0.717, 1.165) is 22.3 Å². The number of carbonyl (C=O) groups excluding carboxylic acids is 1. The number of methoxy groups -OCH3 is 3. The molecule has 1 atom stereocenters. The maximum Gasteiger partial charge on any atom is 0.246 e. The van der Waals surface area contributed by atoms with Crippen LogP contribution in [0.1, 0.15) is 30.5 Å². The van der Waals surface area contributed by atoms with Gasteiger partial charge >= 0.3 is 0 Å². The summed E-state index contributed by atoms with van der Waals surface area (Å²) in [6, 6.07) is 6.93. The Bertz CT molecular complexity index is 1060. The Balaban J connectivity index is 2.28. The van der Waals surface area contributed by atoms with E-state index >= 15 is 0 Å². The van der Waals surface area contributed by atoms with Gasteiger partial charge in [0.15, 0.2) is 16.9 Å². The molecular formula is C24H29NO6S. The standard InChI is InChI=1S/C24H29NO6S/c1-6-31-13-21(27)25-17-9-7-14-11-19(28-2)23(29-3)24(30-4)22(14)15-8-10-20(32-5)18(26)12-16(15)17/h8,10-12,17H,6-7,9,13H2,1-5H3,(H,25,27)/t17-/m1/s1. The minimum Gasteiger partial charge on any atom is -0.493 e. The maximum absolute atomic E-state index is 12.9. The second-order valence-corrected chi connectivity index (χ2v) is 8.10. The van der Waals surface area contributed by atoms with E-state index in [-0.39, 0.29) is 24.0 Å². The van der Waals surface area contributed by atoms with Crippen molar-refractivity contribution in [3.63, 3.8) is 0 Å². The smallest absolute Gasteiger partial charge is 0.246 e. The molecule has 0 bridgehead atoms. The molecule has 0 saturated heterocycles. The van der Waals surface area contributed by atoms with Gasteiger partial charge in [-0.2, -0.15) is 0 Å². The second-order valence-electron chi connectivity index (χ2n) is 7.25. The first-order valence-electron chi connectivity index (χ1n) is 10.4. The highest BCUT2D eigenvalue weighted by atomic mass is 32.2. The summed E-state index contributed by atoms with van der Waals surface area (Å²) in [5.41, 5.74) is 3.29. The lowest BCUT2D eigenvalue weighted by Crippen LogP contribution is -2.32. The number of benzene rings is 1. The average Bonchev–Trinajstić information content (AvgIpc) is 3.04. The zero-order valence-corrected chi connectivity index (χ0v) is 19.9. The van der Waals surface area contributed by atoms with E-state index in [4.69, 9.17) is 18.9 Å². The molecule has 1 amide bonds. The maximum atomic E-state index is 12.9. The van der Waals surface area contributed by atoms with E-state index < -0.39 is 0 Å². The third-order valence-corrected chi connectivity index (χ3v) is 6.27. The minimum atomic E-state index is -0.359. The summed E-state index contributed by atoms with van der Waals surface area (Å²) in [4.78, 5) is 26.0. The Morgan fingerprint density at radius 3 is 2.50 bits per heavy atom. The van der Waals surface area contributed by atoms with Gasteiger partial charge in [0.25, 0.3) is 0 Å². The number of amides is 1. The second kappa shape index (κ2) is 10.7. The summed E-state index contributed by atoms with van der Waals surface area (Å²) < 4.78 is 22.2. The van der Waals surface area contributed by atoms with Crippen molar-refractivity contribution in [2.45, 2.75) is 30.7 Å². The monoisotopic (exact) mass is 459 g/mol. The quantitative estimate of drug-likeness (QED) is 0.604. The van der Waals surface area contributed by atoms with Crippen LogP contribution >= 0.6 is 11.8 Å². The summed E-state index contributed by atoms with van der Waals surface area (Å²) in [6.07, 6.45) is 3.12. The Labute approximate surface area is 192 Å². The van der Waals surface area contributed by atoms with Gasteiger partial charge in [0, 0.05) is 12.2 Å². The molecule has 1 aliphatic rings. The highest BCUT2D eigenvalue weighted by molar-refractivity contribution is 7.98. The lowest BCUT2D eigenvalue weighted by atomic mass is 9.95. The number of nitrogens with one attached hydrogen (secondary N) is 1. The molecule has 32 heavy (non-hydrogen) atoms. The lowest BCUT2D eigenvalue weighted by molar-refractivity contribution is -0.126. The van der Waals surface area contributed by atoms with Crippen LogP contribution in [0, 0.1) is 0 Å². The number of hydrogen-bond donors (Lipinski definition) is 1. The van der Waals surface area contributed by atoms with Gasteiger partial charge in [-0.05, 0) is 60.9 Å². The molecule has 0 aromatic heterocycles. The summed E-state index contributed by atoms with van der Waals surface area (Å²) in [5.74, 6) is 1.37. The molecule has 0 radical (unpaired) electrons. The van der Waals surface area contributed by atoms with E-state index in [9.17, 15) is 9.59 Å². The fourth-order valence-electron chi connectivity index (χ4n) is 4.05. The number of rotatable bonds is 8. The third kappa shape index (κ3) is 4.71. The van der Waals surface area contributed by atoms with Gasteiger partial charge in [0.2, 0.25) is 11.7 Å². The van der Waals surface area contributed by atoms with Crippen molar-refractivity contribution in [2.75, 3.05) is 40.8 Å². The molecule has 0 spiro atoms. The summed E-state index contributed by atoms with van der Waals surface area (Å²) in [6.45, 7) is 2.26. The molecule has 2 aromatic carbocycles. The number of aryl methyl sites for hydroxylation is 1. The number of carbonyl (C=O) groups is 1. The molecular weight excluding hydrogens is 430 g/mol. The first kappa shape index (κ1) is 23.9. The third-order valence-electron chi connectivity index (χ3n) is 5.49. The first-order valence-corrected chi connectivity index (χ1v) is 11.6. The lowest BCUT2D eigenvalue weighted by Gasteiger charge is -2.20. The number of hydrogen-bond acceptors (Lipinski definition) is 7. The van der Waals surface area contributed by atoms with Crippen LogP contribution in [0.3, 0.4) is 0 Å².